The second-order valence-corrected chi connectivity index (χ2v) is 4.99. The van der Waals surface area contributed by atoms with E-state index in [-0.39, 0.29) is 5.91 Å². The third-order valence-corrected chi connectivity index (χ3v) is 3.25. The molecule has 0 radical (unpaired) electrons. The fourth-order valence-electron chi connectivity index (χ4n) is 1.10. The maximum absolute atomic E-state index is 11.7. The van der Waals surface area contributed by atoms with Gasteiger partial charge in [0.2, 0.25) is 0 Å². The van der Waals surface area contributed by atoms with Crippen molar-refractivity contribution in [3.05, 3.63) is 44.3 Å². The number of halogens is 2. The van der Waals surface area contributed by atoms with Gasteiger partial charge >= 0.3 is 0 Å². The van der Waals surface area contributed by atoms with Crippen LogP contribution < -0.4 is 5.32 Å². The number of nitrogens with zero attached hydrogens (tertiary/aromatic N) is 1. The summed E-state index contributed by atoms with van der Waals surface area (Å²) in [5, 5.41) is 4.87. The molecule has 16 heavy (non-hydrogen) atoms. The molecule has 3 nitrogen and oxygen atoms in total. The molecule has 2 aromatic rings. The molecule has 0 saturated carbocycles. The van der Waals surface area contributed by atoms with Crippen LogP contribution in [0.15, 0.2) is 33.6 Å². The minimum Gasteiger partial charge on any atom is -0.319 e. The lowest BCUT2D eigenvalue weighted by atomic mass is 10.3. The minimum absolute atomic E-state index is 0.263. The molecule has 82 valence electrons. The van der Waals surface area contributed by atoms with Gasteiger partial charge in [-0.1, -0.05) is 27.5 Å². The summed E-state index contributed by atoms with van der Waals surface area (Å²) in [6.45, 7) is 0. The van der Waals surface area contributed by atoms with Crippen molar-refractivity contribution in [2.24, 2.45) is 0 Å². The maximum Gasteiger partial charge on any atom is 0.275 e. The topological polar surface area (TPSA) is 42.0 Å². The van der Waals surface area contributed by atoms with E-state index < -0.39 is 0 Å². The molecular weight excluding hydrogens is 312 g/mol. The zero-order valence-electron chi connectivity index (χ0n) is 7.91. The maximum atomic E-state index is 11.7. The Labute approximate surface area is 110 Å². The summed E-state index contributed by atoms with van der Waals surface area (Å²) < 4.78 is 0.852. The summed E-state index contributed by atoms with van der Waals surface area (Å²) in [5.74, 6) is -0.263. The molecule has 0 fully saturated rings. The van der Waals surface area contributed by atoms with Crippen molar-refractivity contribution in [3.8, 4) is 0 Å². The quantitative estimate of drug-likeness (QED) is 0.915. The number of benzene rings is 1. The summed E-state index contributed by atoms with van der Waals surface area (Å²) in [7, 11) is 0. The van der Waals surface area contributed by atoms with Gasteiger partial charge in [-0.25, -0.2) is 4.98 Å². The lowest BCUT2D eigenvalue weighted by Gasteiger charge is -2.05. The highest BCUT2D eigenvalue weighted by Gasteiger charge is 2.10. The van der Waals surface area contributed by atoms with Crippen molar-refractivity contribution in [1.82, 2.24) is 4.98 Å². The fourth-order valence-corrected chi connectivity index (χ4v) is 2.16. The second kappa shape index (κ2) is 4.95. The van der Waals surface area contributed by atoms with Gasteiger partial charge in [-0.3, -0.25) is 4.79 Å². The predicted octanol–water partition coefficient (Wildman–Crippen LogP) is 3.81. The lowest BCUT2D eigenvalue weighted by Crippen LogP contribution is -2.12. The second-order valence-electron chi connectivity index (χ2n) is 2.95. The number of anilines is 1. The zero-order valence-corrected chi connectivity index (χ0v) is 11.1. The normalized spacial score (nSPS) is 10.1. The van der Waals surface area contributed by atoms with Crippen LogP contribution >= 0.6 is 38.9 Å². The Balaban J connectivity index is 2.21. The standard InChI is InChI=1S/C10H6BrClN2OS/c11-6-1-2-7(12)8(3-6)14-10(15)9-4-16-5-13-9/h1-5H,(H,14,15). The molecule has 0 atom stereocenters. The van der Waals surface area contributed by atoms with Crippen LogP contribution in [0.1, 0.15) is 10.5 Å². The molecule has 2 rings (SSSR count). The highest BCUT2D eigenvalue weighted by Crippen LogP contribution is 2.26. The Kier molecular flexibility index (Phi) is 3.58. The van der Waals surface area contributed by atoms with Crippen LogP contribution in [0.5, 0.6) is 0 Å². The van der Waals surface area contributed by atoms with Crippen LogP contribution in [0.2, 0.25) is 5.02 Å². The van der Waals surface area contributed by atoms with Gasteiger partial charge in [0, 0.05) is 9.85 Å². The van der Waals surface area contributed by atoms with Crippen molar-refractivity contribution in [3.63, 3.8) is 0 Å². The van der Waals surface area contributed by atoms with Crippen molar-refractivity contribution < 1.29 is 4.79 Å². The van der Waals surface area contributed by atoms with E-state index in [0.29, 0.717) is 16.4 Å². The molecule has 1 heterocycles. The molecule has 0 saturated heterocycles. The van der Waals surface area contributed by atoms with Gasteiger partial charge in [-0.2, -0.15) is 0 Å². The zero-order chi connectivity index (χ0) is 11.5. The monoisotopic (exact) mass is 316 g/mol. The van der Waals surface area contributed by atoms with E-state index in [4.69, 9.17) is 11.6 Å². The van der Waals surface area contributed by atoms with Crippen LogP contribution in [0.25, 0.3) is 0 Å². The number of nitrogens with one attached hydrogen (secondary N) is 1. The number of carbonyl (C=O) groups excluding carboxylic acids is 1. The van der Waals surface area contributed by atoms with Crippen LogP contribution in [0.3, 0.4) is 0 Å². The third-order valence-electron chi connectivity index (χ3n) is 1.84. The van der Waals surface area contributed by atoms with E-state index >= 15 is 0 Å². The molecular formula is C10H6BrClN2OS. The predicted molar refractivity (Wildman–Crippen MR) is 69.2 cm³/mol. The first-order chi connectivity index (χ1) is 7.66. The third kappa shape index (κ3) is 2.61. The molecule has 0 aliphatic carbocycles. The highest BCUT2D eigenvalue weighted by atomic mass is 79.9. The van der Waals surface area contributed by atoms with Gasteiger partial charge in [0.15, 0.2) is 0 Å². The first kappa shape index (κ1) is 11.6. The van der Waals surface area contributed by atoms with Crippen LogP contribution in [-0.2, 0) is 0 Å². The molecule has 1 aromatic heterocycles. The molecule has 0 bridgehead atoms. The minimum atomic E-state index is -0.263. The molecule has 0 spiro atoms. The van der Waals surface area contributed by atoms with Crippen molar-refractivity contribution >= 4 is 50.5 Å². The van der Waals surface area contributed by atoms with E-state index in [2.05, 4.69) is 26.2 Å². The van der Waals surface area contributed by atoms with E-state index in [1.165, 1.54) is 11.3 Å². The summed E-state index contributed by atoms with van der Waals surface area (Å²) in [4.78, 5) is 15.6. The Hall–Kier alpha value is -0.910. The molecule has 0 aliphatic heterocycles. The van der Waals surface area contributed by atoms with Crippen LogP contribution in [0, 0.1) is 0 Å². The molecule has 6 heteroatoms. The number of rotatable bonds is 2. The van der Waals surface area contributed by atoms with E-state index in [0.717, 1.165) is 4.47 Å². The van der Waals surface area contributed by atoms with Gasteiger partial charge in [-0.15, -0.1) is 11.3 Å². The first-order valence-corrected chi connectivity index (χ1v) is 6.43. The summed E-state index contributed by atoms with van der Waals surface area (Å²) in [6.07, 6.45) is 0. The summed E-state index contributed by atoms with van der Waals surface area (Å²) in [6, 6.07) is 5.26. The lowest BCUT2D eigenvalue weighted by molar-refractivity contribution is 0.102. The largest absolute Gasteiger partial charge is 0.319 e. The molecule has 1 N–H and O–H groups in total. The number of hydrogen-bond donors (Lipinski definition) is 1. The molecule has 0 aliphatic rings. The van der Waals surface area contributed by atoms with E-state index in [1.807, 2.05) is 0 Å². The number of carbonyl (C=O) groups is 1. The van der Waals surface area contributed by atoms with Crippen LogP contribution in [-0.4, -0.2) is 10.9 Å². The molecule has 0 unspecified atom stereocenters. The molecule has 1 aromatic carbocycles. The van der Waals surface area contributed by atoms with Gasteiger partial charge in [-0.05, 0) is 18.2 Å². The van der Waals surface area contributed by atoms with Crippen molar-refractivity contribution in [2.45, 2.75) is 0 Å². The average Bonchev–Trinajstić information content (AvgIpc) is 2.76. The SMILES string of the molecule is O=C(Nc1cc(Br)ccc1Cl)c1cscn1. The number of thiazole rings is 1. The van der Waals surface area contributed by atoms with Gasteiger partial charge < -0.3 is 5.32 Å². The van der Waals surface area contributed by atoms with E-state index in [9.17, 15) is 4.79 Å². The number of amides is 1. The van der Waals surface area contributed by atoms with Crippen molar-refractivity contribution in [1.29, 1.82) is 0 Å². The smallest absolute Gasteiger partial charge is 0.275 e. The highest BCUT2D eigenvalue weighted by molar-refractivity contribution is 9.10. The fraction of sp³-hybridized carbons (Fsp3) is 0. The molecule has 1 amide bonds. The van der Waals surface area contributed by atoms with E-state index in [1.54, 1.807) is 29.1 Å². The van der Waals surface area contributed by atoms with Gasteiger partial charge in [0.05, 0.1) is 16.2 Å². The van der Waals surface area contributed by atoms with Crippen molar-refractivity contribution in [2.75, 3.05) is 5.32 Å². The average molecular weight is 318 g/mol. The Morgan fingerprint density at radius 3 is 3.00 bits per heavy atom. The Bertz CT molecular complexity index is 516. The summed E-state index contributed by atoms with van der Waals surface area (Å²) >= 11 is 10.6. The number of aromatic nitrogens is 1. The van der Waals surface area contributed by atoms with Gasteiger partial charge in [0.1, 0.15) is 5.69 Å². The number of hydrogen-bond acceptors (Lipinski definition) is 3. The van der Waals surface area contributed by atoms with Crippen LogP contribution in [0.4, 0.5) is 5.69 Å². The Morgan fingerprint density at radius 2 is 2.31 bits per heavy atom. The Morgan fingerprint density at radius 1 is 1.50 bits per heavy atom. The summed E-state index contributed by atoms with van der Waals surface area (Å²) in [5.41, 5.74) is 2.56. The van der Waals surface area contributed by atoms with Gasteiger partial charge in [0.25, 0.3) is 5.91 Å². The first-order valence-electron chi connectivity index (χ1n) is 4.31.